The van der Waals surface area contributed by atoms with E-state index in [4.69, 9.17) is 9.47 Å². The molecule has 2 bridgehead atoms. The van der Waals surface area contributed by atoms with Gasteiger partial charge in [-0.1, -0.05) is 12.1 Å². The van der Waals surface area contributed by atoms with Gasteiger partial charge in [0, 0.05) is 43.3 Å². The van der Waals surface area contributed by atoms with Gasteiger partial charge in [0.05, 0.1) is 32.4 Å². The van der Waals surface area contributed by atoms with Crippen molar-refractivity contribution in [2.45, 2.75) is 19.0 Å². The van der Waals surface area contributed by atoms with Gasteiger partial charge in [0.1, 0.15) is 5.75 Å². The van der Waals surface area contributed by atoms with Gasteiger partial charge in [-0.2, -0.15) is 0 Å². The molecule has 31 heavy (non-hydrogen) atoms. The fraction of sp³-hybridized carbons (Fsp3) is 0.333. The van der Waals surface area contributed by atoms with Crippen LogP contribution in [0.25, 0.3) is 10.9 Å². The summed E-state index contributed by atoms with van der Waals surface area (Å²) >= 11 is 0. The number of ether oxygens (including phenoxy) is 2. The molecule has 160 valence electrons. The number of aromatic nitrogens is 1. The Morgan fingerprint density at radius 3 is 2.61 bits per heavy atom. The van der Waals surface area contributed by atoms with Crippen LogP contribution in [0.5, 0.6) is 5.75 Å². The summed E-state index contributed by atoms with van der Waals surface area (Å²) in [5, 5.41) is 1.08. The number of esters is 1. The van der Waals surface area contributed by atoms with Gasteiger partial charge in [0.15, 0.2) is 0 Å². The lowest BCUT2D eigenvalue weighted by molar-refractivity contribution is -0.139. The standard InChI is InChI=1S/C24H25N3O4/c1-25-14-26-12-19(23(25)28)22-18-10-17(30-2)8-9-20(18)27(21(22)13-26)11-15-4-6-16(7-5-15)24(29)31-3/h4-10,19H,11-14H2,1-3H3. The van der Waals surface area contributed by atoms with Crippen LogP contribution in [0.15, 0.2) is 42.5 Å². The van der Waals surface area contributed by atoms with Crippen molar-refractivity contribution in [2.24, 2.45) is 0 Å². The minimum absolute atomic E-state index is 0.167. The molecule has 3 aromatic rings. The number of hydrogen-bond donors (Lipinski definition) is 0. The van der Waals surface area contributed by atoms with Crippen molar-refractivity contribution < 1.29 is 19.1 Å². The molecular formula is C24H25N3O4. The third-order valence-electron chi connectivity index (χ3n) is 6.39. The number of amides is 1. The van der Waals surface area contributed by atoms with Crippen LogP contribution >= 0.6 is 0 Å². The van der Waals surface area contributed by atoms with Crippen molar-refractivity contribution >= 4 is 22.8 Å². The first-order valence-corrected chi connectivity index (χ1v) is 10.3. The zero-order valence-electron chi connectivity index (χ0n) is 17.9. The molecule has 1 aromatic heterocycles. The average molecular weight is 419 g/mol. The van der Waals surface area contributed by atoms with Crippen LogP contribution in [-0.4, -0.2) is 60.7 Å². The summed E-state index contributed by atoms with van der Waals surface area (Å²) in [6.07, 6.45) is 0. The van der Waals surface area contributed by atoms with Gasteiger partial charge >= 0.3 is 5.97 Å². The summed E-state index contributed by atoms with van der Waals surface area (Å²) in [7, 11) is 4.91. The van der Waals surface area contributed by atoms with Gasteiger partial charge in [-0.25, -0.2) is 4.79 Å². The smallest absolute Gasteiger partial charge is 0.337 e. The van der Waals surface area contributed by atoms with Crippen molar-refractivity contribution in [1.29, 1.82) is 0 Å². The Bertz CT molecular complexity index is 1180. The van der Waals surface area contributed by atoms with Crippen molar-refractivity contribution in [1.82, 2.24) is 14.4 Å². The lowest BCUT2D eigenvalue weighted by Gasteiger charge is -2.42. The Kier molecular flexibility index (Phi) is 4.70. The summed E-state index contributed by atoms with van der Waals surface area (Å²) in [4.78, 5) is 28.9. The van der Waals surface area contributed by atoms with E-state index < -0.39 is 0 Å². The molecule has 1 saturated heterocycles. The van der Waals surface area contributed by atoms with Gasteiger partial charge in [-0.3, -0.25) is 9.69 Å². The average Bonchev–Trinajstić information content (AvgIpc) is 3.09. The molecule has 0 N–H and O–H groups in total. The van der Waals surface area contributed by atoms with Crippen LogP contribution in [0.4, 0.5) is 0 Å². The van der Waals surface area contributed by atoms with E-state index in [1.807, 2.05) is 36.2 Å². The Labute approximate surface area is 180 Å². The molecule has 2 atom stereocenters. The topological polar surface area (TPSA) is 64.0 Å². The second-order valence-electron chi connectivity index (χ2n) is 8.26. The Morgan fingerprint density at radius 2 is 1.90 bits per heavy atom. The Balaban J connectivity index is 1.63. The zero-order valence-corrected chi connectivity index (χ0v) is 17.9. The quantitative estimate of drug-likeness (QED) is 0.609. The fourth-order valence-corrected chi connectivity index (χ4v) is 4.90. The normalized spacial score (nSPS) is 20.0. The highest BCUT2D eigenvalue weighted by atomic mass is 16.5. The summed E-state index contributed by atoms with van der Waals surface area (Å²) in [5.74, 6) is 0.446. The van der Waals surface area contributed by atoms with Crippen LogP contribution < -0.4 is 4.74 Å². The summed E-state index contributed by atoms with van der Waals surface area (Å²) < 4.78 is 12.6. The van der Waals surface area contributed by atoms with Crippen molar-refractivity contribution in [3.05, 3.63) is 64.8 Å². The molecule has 2 unspecified atom stereocenters. The van der Waals surface area contributed by atoms with Crippen LogP contribution in [0, 0.1) is 0 Å². The van der Waals surface area contributed by atoms with E-state index in [1.165, 1.54) is 12.8 Å². The molecule has 1 fully saturated rings. The number of carbonyl (C=O) groups is 2. The maximum Gasteiger partial charge on any atom is 0.337 e. The summed E-state index contributed by atoms with van der Waals surface area (Å²) in [6.45, 7) is 2.85. The SMILES string of the molecule is COC(=O)c1ccc(Cn2c3c(c4cc(OC)ccc42)C2CN(C3)CN(C)C2=O)cc1. The highest BCUT2D eigenvalue weighted by Gasteiger charge is 2.40. The van der Waals surface area contributed by atoms with Crippen molar-refractivity contribution in [3.8, 4) is 5.75 Å². The highest BCUT2D eigenvalue weighted by molar-refractivity contribution is 5.95. The molecule has 3 heterocycles. The second-order valence-corrected chi connectivity index (χ2v) is 8.26. The van der Waals surface area contributed by atoms with Crippen molar-refractivity contribution in [2.75, 3.05) is 34.5 Å². The van der Waals surface area contributed by atoms with Gasteiger partial charge in [0.2, 0.25) is 5.91 Å². The van der Waals surface area contributed by atoms with Crippen LogP contribution in [0.3, 0.4) is 0 Å². The van der Waals surface area contributed by atoms with Crippen LogP contribution in [0.1, 0.15) is 33.1 Å². The molecule has 7 nitrogen and oxygen atoms in total. The molecule has 0 spiro atoms. The van der Waals surface area contributed by atoms with E-state index >= 15 is 0 Å². The molecule has 7 heteroatoms. The number of rotatable bonds is 4. The predicted molar refractivity (Wildman–Crippen MR) is 116 cm³/mol. The van der Waals surface area contributed by atoms with E-state index in [0.29, 0.717) is 18.8 Å². The molecule has 1 amide bonds. The minimum Gasteiger partial charge on any atom is -0.497 e. The van der Waals surface area contributed by atoms with E-state index in [0.717, 1.165) is 40.9 Å². The largest absolute Gasteiger partial charge is 0.497 e. The lowest BCUT2D eigenvalue weighted by Crippen LogP contribution is -2.52. The van der Waals surface area contributed by atoms with Gasteiger partial charge in [0.25, 0.3) is 0 Å². The maximum atomic E-state index is 13.0. The Hall–Kier alpha value is -3.32. The highest BCUT2D eigenvalue weighted by Crippen LogP contribution is 2.41. The van der Waals surface area contributed by atoms with Crippen LogP contribution in [0.2, 0.25) is 0 Å². The molecular weight excluding hydrogens is 394 g/mol. The number of nitrogens with zero attached hydrogens (tertiary/aromatic N) is 3. The van der Waals surface area contributed by atoms with E-state index in [9.17, 15) is 9.59 Å². The number of fused-ring (bicyclic) bond motifs is 6. The number of carbonyl (C=O) groups excluding carboxylic acids is 2. The van der Waals surface area contributed by atoms with Gasteiger partial charge < -0.3 is 18.9 Å². The molecule has 5 rings (SSSR count). The third-order valence-corrected chi connectivity index (χ3v) is 6.39. The minimum atomic E-state index is -0.342. The number of benzene rings is 2. The number of methoxy groups -OCH3 is 2. The van der Waals surface area contributed by atoms with Gasteiger partial charge in [-0.15, -0.1) is 0 Å². The summed E-state index contributed by atoms with van der Waals surface area (Å²) in [5.41, 5.74) is 5.00. The monoisotopic (exact) mass is 419 g/mol. The number of likely N-dealkylation sites (N-methyl/N-ethyl adjacent to an activating group) is 1. The summed E-state index contributed by atoms with van der Waals surface area (Å²) in [6, 6.07) is 13.6. The van der Waals surface area contributed by atoms with Crippen molar-refractivity contribution in [3.63, 3.8) is 0 Å². The van der Waals surface area contributed by atoms with E-state index in [1.54, 1.807) is 19.2 Å². The molecule has 0 radical (unpaired) electrons. The molecule has 2 aliphatic rings. The van der Waals surface area contributed by atoms with Gasteiger partial charge in [-0.05, 0) is 41.5 Å². The lowest BCUT2D eigenvalue weighted by atomic mass is 9.89. The first kappa shape index (κ1) is 19.6. The molecule has 2 aliphatic heterocycles. The van der Waals surface area contributed by atoms with E-state index in [2.05, 4.69) is 15.5 Å². The predicted octanol–water partition coefficient (Wildman–Crippen LogP) is 2.81. The third kappa shape index (κ3) is 3.16. The first-order valence-electron chi connectivity index (χ1n) is 10.3. The molecule has 0 saturated carbocycles. The second kappa shape index (κ2) is 7.42. The Morgan fingerprint density at radius 1 is 1.13 bits per heavy atom. The van der Waals surface area contributed by atoms with E-state index in [-0.39, 0.29) is 17.8 Å². The number of hydrogen-bond acceptors (Lipinski definition) is 5. The first-order chi connectivity index (χ1) is 15.0. The zero-order chi connectivity index (χ0) is 21.7. The molecule has 0 aliphatic carbocycles. The van der Waals surface area contributed by atoms with Crippen LogP contribution in [-0.2, 0) is 22.6 Å². The fourth-order valence-electron chi connectivity index (χ4n) is 4.90. The maximum absolute atomic E-state index is 13.0. The molecule has 2 aromatic carbocycles.